The van der Waals surface area contributed by atoms with Gasteiger partial charge in [0.05, 0.1) is 6.61 Å². The molecule has 3 aromatic rings. The van der Waals surface area contributed by atoms with Crippen LogP contribution in [0.25, 0.3) is 11.0 Å². The van der Waals surface area contributed by atoms with Crippen LogP contribution >= 0.6 is 0 Å². The molecule has 0 aliphatic carbocycles. The molecule has 29 heavy (non-hydrogen) atoms. The second-order valence-corrected chi connectivity index (χ2v) is 6.30. The molecule has 10 heteroatoms. The molecule has 0 aliphatic heterocycles. The van der Waals surface area contributed by atoms with Crippen molar-refractivity contribution in [2.75, 3.05) is 19.5 Å². The van der Waals surface area contributed by atoms with Crippen LogP contribution in [0.5, 0.6) is 0 Å². The number of hydrogen-bond donors (Lipinski definition) is 1. The number of carbonyl (C=O) groups excluding carboxylic acids is 2. The lowest BCUT2D eigenvalue weighted by atomic mass is 10.1. The number of nitrogens with two attached hydrogens (primary N) is 1. The van der Waals surface area contributed by atoms with Crippen LogP contribution in [0.1, 0.15) is 26.5 Å². The summed E-state index contributed by atoms with van der Waals surface area (Å²) in [5.74, 6) is -2.12. The van der Waals surface area contributed by atoms with Crippen LogP contribution in [0.2, 0.25) is 0 Å². The summed E-state index contributed by atoms with van der Waals surface area (Å²) in [6.45, 7) is -0.649. The highest BCUT2D eigenvalue weighted by Gasteiger charge is 2.25. The number of para-hydroxylation sites is 1. The van der Waals surface area contributed by atoms with E-state index in [0.29, 0.717) is 16.5 Å². The molecule has 0 saturated carbocycles. The first-order valence-electron chi connectivity index (χ1n) is 8.53. The molecule has 2 heterocycles. The fourth-order valence-electron chi connectivity index (χ4n) is 2.94. The molecule has 2 N–H and O–H groups in total. The van der Waals surface area contributed by atoms with Gasteiger partial charge in [-0.05, 0) is 6.07 Å². The molecule has 0 atom stereocenters. The number of ketones is 1. The van der Waals surface area contributed by atoms with Crippen molar-refractivity contribution in [3.63, 3.8) is 0 Å². The second-order valence-electron chi connectivity index (χ2n) is 6.30. The highest BCUT2D eigenvalue weighted by atomic mass is 16.5. The Morgan fingerprint density at radius 1 is 1.14 bits per heavy atom. The van der Waals surface area contributed by atoms with E-state index in [0.717, 1.165) is 9.13 Å². The van der Waals surface area contributed by atoms with E-state index in [1.54, 1.807) is 24.3 Å². The zero-order valence-electron chi connectivity index (χ0n) is 16.1. The van der Waals surface area contributed by atoms with E-state index in [1.165, 1.54) is 21.2 Å². The largest absolute Gasteiger partial charge is 0.451 e. The van der Waals surface area contributed by atoms with Crippen molar-refractivity contribution in [2.45, 2.75) is 6.61 Å². The van der Waals surface area contributed by atoms with Crippen LogP contribution in [-0.2, 0) is 30.2 Å². The third-order valence-electron chi connectivity index (χ3n) is 4.50. The zero-order chi connectivity index (χ0) is 21.3. The van der Waals surface area contributed by atoms with Gasteiger partial charge in [0.15, 0.2) is 6.61 Å². The van der Waals surface area contributed by atoms with Crippen LogP contribution in [0.15, 0.2) is 38.3 Å². The number of ether oxygens (including phenoxy) is 2. The number of methoxy groups -OCH3 is 1. The Morgan fingerprint density at radius 2 is 1.83 bits per heavy atom. The minimum Gasteiger partial charge on any atom is -0.451 e. The number of nitrogens with zero attached hydrogens (tertiary/aromatic N) is 2. The number of nitrogen functional groups attached to an aromatic ring is 1. The Kier molecular flexibility index (Phi) is 5.37. The Bertz CT molecular complexity index is 1230. The maximum atomic E-state index is 12.5. The quantitative estimate of drug-likeness (QED) is 0.468. The summed E-state index contributed by atoms with van der Waals surface area (Å²) in [6.07, 6.45) is 0. The standard InChI is InChI=1S/C19H19N3O7/c1-21-16(20)14(17(24)22(2)19(21)26)12(23)9-28-18(25)15-11(8-27-3)10-6-4-5-7-13(10)29-15/h4-7H,8-9,20H2,1-3H3. The van der Waals surface area contributed by atoms with Crippen LogP contribution in [0, 0.1) is 0 Å². The van der Waals surface area contributed by atoms with Crippen LogP contribution in [0.4, 0.5) is 5.82 Å². The van der Waals surface area contributed by atoms with E-state index in [1.807, 2.05) is 0 Å². The molecule has 0 saturated heterocycles. The predicted molar refractivity (Wildman–Crippen MR) is 103 cm³/mol. The zero-order valence-corrected chi connectivity index (χ0v) is 16.1. The predicted octanol–water partition coefficient (Wildman–Crippen LogP) is 0.599. The Balaban J connectivity index is 1.88. The maximum Gasteiger partial charge on any atom is 0.375 e. The highest BCUT2D eigenvalue weighted by molar-refractivity contribution is 6.02. The van der Waals surface area contributed by atoms with Gasteiger partial charge in [-0.3, -0.25) is 18.7 Å². The van der Waals surface area contributed by atoms with E-state index in [-0.39, 0.29) is 18.2 Å². The van der Waals surface area contributed by atoms with Gasteiger partial charge in [0.1, 0.15) is 17.0 Å². The summed E-state index contributed by atoms with van der Waals surface area (Å²) < 4.78 is 17.4. The van der Waals surface area contributed by atoms with Crippen molar-refractivity contribution in [2.24, 2.45) is 14.1 Å². The second kappa shape index (κ2) is 7.76. The summed E-state index contributed by atoms with van der Waals surface area (Å²) in [6, 6.07) is 6.99. The van der Waals surface area contributed by atoms with Crippen molar-refractivity contribution >= 4 is 28.5 Å². The number of carbonyl (C=O) groups is 2. The van der Waals surface area contributed by atoms with E-state index in [2.05, 4.69) is 0 Å². The number of anilines is 1. The molecule has 0 bridgehead atoms. The van der Waals surface area contributed by atoms with Gasteiger partial charge in [-0.1, -0.05) is 18.2 Å². The average Bonchev–Trinajstić information content (AvgIpc) is 3.08. The Morgan fingerprint density at radius 3 is 2.52 bits per heavy atom. The van der Waals surface area contributed by atoms with Crippen molar-refractivity contribution in [3.05, 3.63) is 62.0 Å². The molecule has 0 fully saturated rings. The lowest BCUT2D eigenvalue weighted by molar-refractivity contribution is 0.0440. The first-order chi connectivity index (χ1) is 13.8. The third-order valence-corrected chi connectivity index (χ3v) is 4.50. The number of rotatable bonds is 6. The molecule has 0 radical (unpaired) electrons. The third kappa shape index (κ3) is 3.45. The average molecular weight is 401 g/mol. The number of aromatic nitrogens is 2. The normalized spacial score (nSPS) is 11.0. The van der Waals surface area contributed by atoms with Gasteiger partial charge < -0.3 is 19.6 Å². The monoisotopic (exact) mass is 401 g/mol. The Hall–Kier alpha value is -3.66. The molecule has 0 unspecified atom stereocenters. The van der Waals surface area contributed by atoms with Gasteiger partial charge >= 0.3 is 11.7 Å². The number of furan rings is 1. The fourth-order valence-corrected chi connectivity index (χ4v) is 2.94. The molecule has 0 spiro atoms. The summed E-state index contributed by atoms with van der Waals surface area (Å²) in [5.41, 5.74) is 4.72. The van der Waals surface area contributed by atoms with Crippen molar-refractivity contribution in [3.8, 4) is 0 Å². The van der Waals surface area contributed by atoms with Crippen LogP contribution in [-0.4, -0.2) is 34.6 Å². The van der Waals surface area contributed by atoms with E-state index < -0.39 is 35.2 Å². The molecule has 152 valence electrons. The fraction of sp³-hybridized carbons (Fsp3) is 0.263. The lowest BCUT2D eigenvalue weighted by Crippen LogP contribution is -2.42. The smallest absolute Gasteiger partial charge is 0.375 e. The molecule has 2 aromatic heterocycles. The first kappa shape index (κ1) is 20.1. The number of benzene rings is 1. The first-order valence-corrected chi connectivity index (χ1v) is 8.53. The van der Waals surface area contributed by atoms with Gasteiger partial charge in [0.2, 0.25) is 11.5 Å². The highest BCUT2D eigenvalue weighted by Crippen LogP contribution is 2.27. The lowest BCUT2D eigenvalue weighted by Gasteiger charge is -2.10. The summed E-state index contributed by atoms with van der Waals surface area (Å²) in [5, 5.41) is 0.684. The van der Waals surface area contributed by atoms with Crippen molar-refractivity contribution in [1.29, 1.82) is 0 Å². The van der Waals surface area contributed by atoms with Crippen molar-refractivity contribution < 1.29 is 23.5 Å². The van der Waals surface area contributed by atoms with E-state index in [4.69, 9.17) is 19.6 Å². The molecule has 1 aromatic carbocycles. The molecule has 3 rings (SSSR count). The minimum absolute atomic E-state index is 0.0952. The van der Waals surface area contributed by atoms with Gasteiger partial charge in [0, 0.05) is 32.2 Å². The SMILES string of the molecule is COCc1c(C(=O)OCC(=O)c2c(N)n(C)c(=O)n(C)c2=O)oc2ccccc12. The number of fused-ring (bicyclic) bond motifs is 1. The molecular formula is C19H19N3O7. The summed E-state index contributed by atoms with van der Waals surface area (Å²) >= 11 is 0. The van der Waals surface area contributed by atoms with Gasteiger partial charge in [-0.2, -0.15) is 0 Å². The maximum absolute atomic E-state index is 12.5. The van der Waals surface area contributed by atoms with Gasteiger partial charge in [-0.25, -0.2) is 9.59 Å². The van der Waals surface area contributed by atoms with Gasteiger partial charge in [-0.15, -0.1) is 0 Å². The number of Topliss-reactive ketones (excluding diaryl/α,β-unsaturated/α-hetero) is 1. The number of esters is 1. The van der Waals surface area contributed by atoms with Gasteiger partial charge in [0.25, 0.3) is 5.56 Å². The topological polar surface area (TPSA) is 136 Å². The molecule has 0 amide bonds. The Labute approximate surface area is 164 Å². The number of hydrogen-bond acceptors (Lipinski definition) is 8. The molecule has 0 aliphatic rings. The van der Waals surface area contributed by atoms with Crippen molar-refractivity contribution in [1.82, 2.24) is 9.13 Å². The van der Waals surface area contributed by atoms with E-state index >= 15 is 0 Å². The van der Waals surface area contributed by atoms with Crippen LogP contribution in [0.3, 0.4) is 0 Å². The minimum atomic E-state index is -0.887. The summed E-state index contributed by atoms with van der Waals surface area (Å²) in [4.78, 5) is 49.1. The summed E-state index contributed by atoms with van der Waals surface area (Å²) in [7, 11) is 4.02. The molecule has 10 nitrogen and oxygen atoms in total. The van der Waals surface area contributed by atoms with E-state index in [9.17, 15) is 19.2 Å². The van der Waals surface area contributed by atoms with Crippen LogP contribution < -0.4 is 17.0 Å². The molecular weight excluding hydrogens is 382 g/mol.